The number of fused-ring (bicyclic) bond motifs is 1. The van der Waals surface area contributed by atoms with E-state index in [0.29, 0.717) is 5.52 Å². The Balaban J connectivity index is 1.18. The summed E-state index contributed by atoms with van der Waals surface area (Å²) < 4.78 is 28.3. The Morgan fingerprint density at radius 2 is 1.30 bits per heavy atom. The zero-order valence-corrected chi connectivity index (χ0v) is 21.4. The van der Waals surface area contributed by atoms with E-state index in [0.717, 1.165) is 54.9 Å². The van der Waals surface area contributed by atoms with E-state index in [1.54, 1.807) is 18.3 Å². The van der Waals surface area contributed by atoms with Gasteiger partial charge in [0.1, 0.15) is 0 Å². The van der Waals surface area contributed by atoms with Crippen LogP contribution in [-0.2, 0) is 16.6 Å². The number of hydrogen-bond donors (Lipinski definition) is 0. The van der Waals surface area contributed by atoms with E-state index in [9.17, 15) is 8.42 Å². The van der Waals surface area contributed by atoms with Gasteiger partial charge in [-0.1, -0.05) is 72.8 Å². The minimum atomic E-state index is -3.70. The average Bonchev–Trinajstić information content (AvgIpc) is 3.39. The highest BCUT2D eigenvalue weighted by molar-refractivity contribution is 7.90. The molecular formula is C31H29N3O2S. The standard InChI is InChI=1S/C31H29N3O2S/c35-37(36,30-14-11-27(12-15-30)26-9-5-2-6-10-26)34-18-17-28-23-29(13-16-31(28)34)33-21-19-32(20-22-33)24-25-7-3-1-4-8-25/h1-18,23H,19-22,24H2. The molecule has 0 aliphatic carbocycles. The third kappa shape index (κ3) is 4.78. The molecule has 5 nitrogen and oxygen atoms in total. The molecule has 0 bridgehead atoms. The van der Waals surface area contributed by atoms with E-state index >= 15 is 0 Å². The lowest BCUT2D eigenvalue weighted by atomic mass is 10.1. The predicted octanol–water partition coefficient (Wildman–Crippen LogP) is 5.87. The summed E-state index contributed by atoms with van der Waals surface area (Å²) >= 11 is 0. The molecule has 4 aromatic carbocycles. The number of nitrogens with zero attached hydrogens (tertiary/aromatic N) is 3. The topological polar surface area (TPSA) is 45.6 Å². The van der Waals surface area contributed by atoms with Crippen molar-refractivity contribution < 1.29 is 8.42 Å². The SMILES string of the molecule is O=S(=O)(c1ccc(-c2ccccc2)cc1)n1ccc2cc(N3CCN(Cc4ccccc4)CC3)ccc21. The second-order valence-corrected chi connectivity index (χ2v) is 11.3. The molecule has 0 N–H and O–H groups in total. The normalized spacial score (nSPS) is 14.8. The third-order valence-electron chi connectivity index (χ3n) is 7.14. The van der Waals surface area contributed by atoms with Gasteiger partial charge in [0.15, 0.2) is 0 Å². The van der Waals surface area contributed by atoms with Gasteiger partial charge in [-0.15, -0.1) is 0 Å². The van der Waals surface area contributed by atoms with E-state index in [-0.39, 0.29) is 4.90 Å². The van der Waals surface area contributed by atoms with E-state index in [1.165, 1.54) is 9.54 Å². The lowest BCUT2D eigenvalue weighted by Gasteiger charge is -2.36. The zero-order chi connectivity index (χ0) is 25.2. The Morgan fingerprint density at radius 1 is 0.649 bits per heavy atom. The maximum atomic E-state index is 13.5. The molecule has 1 aliphatic heterocycles. The molecule has 37 heavy (non-hydrogen) atoms. The molecule has 0 saturated carbocycles. The van der Waals surface area contributed by atoms with Crippen LogP contribution in [0, 0.1) is 0 Å². The Bertz CT molecular complexity index is 1600. The predicted molar refractivity (Wildman–Crippen MR) is 150 cm³/mol. The van der Waals surface area contributed by atoms with Crippen LogP contribution in [0.1, 0.15) is 5.56 Å². The number of hydrogen-bond acceptors (Lipinski definition) is 4. The Labute approximate surface area is 218 Å². The Hall–Kier alpha value is -3.87. The zero-order valence-electron chi connectivity index (χ0n) is 20.6. The van der Waals surface area contributed by atoms with Crippen LogP contribution in [0.2, 0.25) is 0 Å². The van der Waals surface area contributed by atoms with Crippen LogP contribution >= 0.6 is 0 Å². The molecule has 5 aromatic rings. The smallest absolute Gasteiger partial charge is 0.268 e. The molecular weight excluding hydrogens is 478 g/mol. The van der Waals surface area contributed by atoms with Crippen LogP contribution in [0.3, 0.4) is 0 Å². The van der Waals surface area contributed by atoms with E-state index in [1.807, 2.05) is 60.7 Å². The first kappa shape index (κ1) is 23.5. The van der Waals surface area contributed by atoms with Crippen molar-refractivity contribution in [2.24, 2.45) is 0 Å². The molecule has 186 valence electrons. The first-order valence-electron chi connectivity index (χ1n) is 12.6. The van der Waals surface area contributed by atoms with Crippen molar-refractivity contribution in [2.75, 3.05) is 31.1 Å². The summed E-state index contributed by atoms with van der Waals surface area (Å²) in [4.78, 5) is 5.15. The van der Waals surface area contributed by atoms with Crippen LogP contribution in [0.25, 0.3) is 22.0 Å². The van der Waals surface area contributed by atoms with Crippen molar-refractivity contribution >= 4 is 26.6 Å². The van der Waals surface area contributed by atoms with E-state index in [2.05, 4.69) is 46.2 Å². The van der Waals surface area contributed by atoms with Crippen LogP contribution in [0.15, 0.2) is 120 Å². The highest BCUT2D eigenvalue weighted by Gasteiger charge is 2.21. The van der Waals surface area contributed by atoms with Crippen molar-refractivity contribution in [2.45, 2.75) is 11.4 Å². The fourth-order valence-corrected chi connectivity index (χ4v) is 6.43. The monoisotopic (exact) mass is 507 g/mol. The lowest BCUT2D eigenvalue weighted by Crippen LogP contribution is -2.45. The van der Waals surface area contributed by atoms with Crippen molar-refractivity contribution in [1.82, 2.24) is 8.87 Å². The first-order valence-corrected chi connectivity index (χ1v) is 14.1. The fourth-order valence-electron chi connectivity index (χ4n) is 5.08. The summed E-state index contributed by atoms with van der Waals surface area (Å²) in [5.74, 6) is 0. The fraction of sp³-hybridized carbons (Fsp3) is 0.161. The largest absolute Gasteiger partial charge is 0.369 e. The first-order chi connectivity index (χ1) is 18.1. The van der Waals surface area contributed by atoms with Crippen LogP contribution in [0.5, 0.6) is 0 Å². The Kier molecular flexibility index (Phi) is 6.28. The third-order valence-corrected chi connectivity index (χ3v) is 8.85. The molecule has 1 fully saturated rings. The summed E-state index contributed by atoms with van der Waals surface area (Å²) in [7, 11) is -3.70. The Morgan fingerprint density at radius 3 is 2.00 bits per heavy atom. The molecule has 0 spiro atoms. The molecule has 6 rings (SSSR count). The quantitative estimate of drug-likeness (QED) is 0.289. The molecule has 0 amide bonds. The molecule has 0 radical (unpaired) electrons. The molecule has 0 atom stereocenters. The summed E-state index contributed by atoms with van der Waals surface area (Å²) in [6.07, 6.45) is 1.66. The van der Waals surface area contributed by atoms with Gasteiger partial charge < -0.3 is 4.90 Å². The molecule has 1 aromatic heterocycles. The number of anilines is 1. The van der Waals surface area contributed by atoms with Gasteiger partial charge in [-0.25, -0.2) is 12.4 Å². The second kappa shape index (κ2) is 9.88. The molecule has 2 heterocycles. The number of benzene rings is 4. The van der Waals surface area contributed by atoms with Crippen molar-refractivity contribution in [1.29, 1.82) is 0 Å². The summed E-state index contributed by atoms with van der Waals surface area (Å²) in [6, 6.07) is 35.6. The van der Waals surface area contributed by atoms with E-state index in [4.69, 9.17) is 0 Å². The number of piperazine rings is 1. The number of aromatic nitrogens is 1. The van der Waals surface area contributed by atoms with Crippen molar-refractivity contribution in [3.63, 3.8) is 0 Å². The molecule has 6 heteroatoms. The maximum Gasteiger partial charge on any atom is 0.268 e. The lowest BCUT2D eigenvalue weighted by molar-refractivity contribution is 0.250. The van der Waals surface area contributed by atoms with Crippen molar-refractivity contribution in [3.05, 3.63) is 121 Å². The second-order valence-electron chi connectivity index (χ2n) is 9.50. The summed E-state index contributed by atoms with van der Waals surface area (Å²) in [5, 5.41) is 0.925. The van der Waals surface area contributed by atoms with Gasteiger partial charge in [0.25, 0.3) is 10.0 Å². The highest BCUT2D eigenvalue weighted by Crippen LogP contribution is 2.28. The van der Waals surface area contributed by atoms with Crippen LogP contribution in [-0.4, -0.2) is 43.5 Å². The van der Waals surface area contributed by atoms with Crippen LogP contribution in [0.4, 0.5) is 5.69 Å². The van der Waals surface area contributed by atoms with Gasteiger partial charge in [0.2, 0.25) is 0 Å². The van der Waals surface area contributed by atoms with E-state index < -0.39 is 10.0 Å². The minimum absolute atomic E-state index is 0.281. The number of rotatable bonds is 6. The maximum absolute atomic E-state index is 13.5. The van der Waals surface area contributed by atoms with Crippen LogP contribution < -0.4 is 4.90 Å². The highest BCUT2D eigenvalue weighted by atomic mass is 32.2. The molecule has 0 unspecified atom stereocenters. The summed E-state index contributed by atoms with van der Waals surface area (Å²) in [6.45, 7) is 4.87. The average molecular weight is 508 g/mol. The van der Waals surface area contributed by atoms with Crippen molar-refractivity contribution in [3.8, 4) is 11.1 Å². The van der Waals surface area contributed by atoms with Gasteiger partial charge in [-0.2, -0.15) is 0 Å². The summed E-state index contributed by atoms with van der Waals surface area (Å²) in [5.41, 5.74) is 5.22. The van der Waals surface area contributed by atoms with Gasteiger partial charge in [0.05, 0.1) is 10.4 Å². The van der Waals surface area contributed by atoms with Gasteiger partial charge in [-0.3, -0.25) is 4.90 Å². The molecule has 1 saturated heterocycles. The van der Waals surface area contributed by atoms with Gasteiger partial charge >= 0.3 is 0 Å². The van der Waals surface area contributed by atoms with Gasteiger partial charge in [0, 0.05) is 50.0 Å². The molecule has 1 aliphatic rings. The van der Waals surface area contributed by atoms with Gasteiger partial charge in [-0.05, 0) is 53.1 Å². The minimum Gasteiger partial charge on any atom is -0.369 e.